The zero-order valence-electron chi connectivity index (χ0n) is 15.4. The van der Waals surface area contributed by atoms with Crippen molar-refractivity contribution in [2.75, 3.05) is 0 Å². The average Bonchev–Trinajstić information content (AvgIpc) is 3.10. The molecule has 0 saturated heterocycles. The second-order valence-corrected chi connectivity index (χ2v) is 6.46. The summed E-state index contributed by atoms with van der Waals surface area (Å²) in [6.07, 6.45) is -2.51. The molecule has 0 saturated carbocycles. The number of alkyl halides is 3. The second kappa shape index (κ2) is 8.34. The Balaban J connectivity index is 1.85. The Morgan fingerprint density at radius 2 is 1.90 bits per heavy atom. The number of carboxylic acid groups (broad SMARTS) is 1. The number of carboxylic acids is 1. The minimum absolute atomic E-state index is 0.0204. The monoisotopic (exact) mass is 405 g/mol. The summed E-state index contributed by atoms with van der Waals surface area (Å²) < 4.78 is 44.5. The molecule has 2 aromatic heterocycles. The molecular formula is C20H18F3N3O3. The van der Waals surface area contributed by atoms with Gasteiger partial charge in [-0.3, -0.25) is 14.9 Å². The molecule has 0 spiro atoms. The van der Waals surface area contributed by atoms with Crippen LogP contribution in [0, 0.1) is 6.92 Å². The van der Waals surface area contributed by atoms with Crippen LogP contribution in [0.25, 0.3) is 0 Å². The van der Waals surface area contributed by atoms with Crippen LogP contribution in [0.5, 0.6) is 5.75 Å². The van der Waals surface area contributed by atoms with Gasteiger partial charge in [0, 0.05) is 23.9 Å². The van der Waals surface area contributed by atoms with Crippen molar-refractivity contribution in [3.05, 3.63) is 76.9 Å². The molecular weight excluding hydrogens is 387 g/mol. The molecule has 1 atom stereocenters. The number of rotatable bonds is 7. The van der Waals surface area contributed by atoms with Gasteiger partial charge in [0.05, 0.1) is 17.5 Å². The summed E-state index contributed by atoms with van der Waals surface area (Å²) in [5.74, 6) is -0.412. The first-order valence-electron chi connectivity index (χ1n) is 8.74. The van der Waals surface area contributed by atoms with E-state index < -0.39 is 23.8 Å². The van der Waals surface area contributed by atoms with Crippen LogP contribution >= 0.6 is 0 Å². The van der Waals surface area contributed by atoms with Gasteiger partial charge in [-0.15, -0.1) is 0 Å². The molecule has 0 radical (unpaired) electrons. The number of nitrogens with zero attached hydrogens (tertiary/aromatic N) is 2. The highest BCUT2D eigenvalue weighted by molar-refractivity contribution is 5.67. The van der Waals surface area contributed by atoms with Gasteiger partial charge in [-0.05, 0) is 43.2 Å². The van der Waals surface area contributed by atoms with Crippen molar-refractivity contribution >= 4 is 5.97 Å². The standard InChI is InChI=1S/C20H18F3N3O3/c1-12-16(11-25-26-12)19(17-8-5-14(10-24-17)20(21,22)23)29-15-6-2-13(3-7-15)4-9-18(27)28/h2-3,5-8,10-11,19H,4,9H2,1H3,(H,25,26)(H,27,28). The molecule has 29 heavy (non-hydrogen) atoms. The van der Waals surface area contributed by atoms with Crippen LogP contribution in [0.2, 0.25) is 0 Å². The summed E-state index contributed by atoms with van der Waals surface area (Å²) in [6, 6.07) is 9.10. The quantitative estimate of drug-likeness (QED) is 0.611. The summed E-state index contributed by atoms with van der Waals surface area (Å²) in [4.78, 5) is 14.6. The van der Waals surface area contributed by atoms with Crippen LogP contribution in [-0.4, -0.2) is 26.3 Å². The summed E-state index contributed by atoms with van der Waals surface area (Å²) in [7, 11) is 0. The van der Waals surface area contributed by atoms with E-state index in [1.807, 2.05) is 0 Å². The molecule has 9 heteroatoms. The lowest BCUT2D eigenvalue weighted by atomic mass is 10.1. The van der Waals surface area contributed by atoms with Crippen molar-refractivity contribution < 1.29 is 27.8 Å². The van der Waals surface area contributed by atoms with Gasteiger partial charge in [-0.25, -0.2) is 0 Å². The summed E-state index contributed by atoms with van der Waals surface area (Å²) in [5.41, 5.74) is 1.65. The third-order valence-corrected chi connectivity index (χ3v) is 4.34. The number of aliphatic carboxylic acids is 1. The first kappa shape index (κ1) is 20.4. The highest BCUT2D eigenvalue weighted by atomic mass is 19.4. The fourth-order valence-electron chi connectivity index (χ4n) is 2.76. The Bertz CT molecular complexity index is 967. The van der Waals surface area contributed by atoms with Gasteiger partial charge < -0.3 is 9.84 Å². The lowest BCUT2D eigenvalue weighted by molar-refractivity contribution is -0.138. The number of halogens is 3. The van der Waals surface area contributed by atoms with Gasteiger partial charge in [-0.2, -0.15) is 18.3 Å². The molecule has 0 aliphatic carbocycles. The molecule has 3 aromatic rings. The fourth-order valence-corrected chi connectivity index (χ4v) is 2.76. The summed E-state index contributed by atoms with van der Waals surface area (Å²) in [5, 5.41) is 15.5. The zero-order valence-corrected chi connectivity index (χ0v) is 15.4. The van der Waals surface area contributed by atoms with Crippen LogP contribution in [0.4, 0.5) is 13.2 Å². The molecule has 152 valence electrons. The molecule has 0 aliphatic rings. The number of H-pyrrole nitrogens is 1. The Morgan fingerprint density at radius 1 is 1.17 bits per heavy atom. The van der Waals surface area contributed by atoms with Crippen molar-refractivity contribution in [1.82, 2.24) is 15.2 Å². The number of nitrogens with one attached hydrogen (secondary N) is 1. The van der Waals surface area contributed by atoms with Gasteiger partial charge in [-0.1, -0.05) is 12.1 Å². The predicted molar refractivity (Wildman–Crippen MR) is 97.4 cm³/mol. The Morgan fingerprint density at radius 3 is 2.41 bits per heavy atom. The van der Waals surface area contributed by atoms with Crippen LogP contribution in [0.1, 0.15) is 40.6 Å². The van der Waals surface area contributed by atoms with Gasteiger partial charge >= 0.3 is 12.1 Å². The lowest BCUT2D eigenvalue weighted by Gasteiger charge is -2.19. The van der Waals surface area contributed by atoms with Crippen LogP contribution in [0.15, 0.2) is 48.8 Å². The third-order valence-electron chi connectivity index (χ3n) is 4.34. The van der Waals surface area contributed by atoms with E-state index in [9.17, 15) is 18.0 Å². The van der Waals surface area contributed by atoms with E-state index in [-0.39, 0.29) is 6.42 Å². The van der Waals surface area contributed by atoms with Crippen molar-refractivity contribution in [1.29, 1.82) is 0 Å². The molecule has 3 rings (SSSR count). The maximum Gasteiger partial charge on any atom is 0.417 e. The van der Waals surface area contributed by atoms with E-state index in [1.54, 1.807) is 37.4 Å². The number of aryl methyl sites for hydroxylation is 2. The van der Waals surface area contributed by atoms with Crippen molar-refractivity contribution in [2.45, 2.75) is 32.0 Å². The Labute approximate surface area is 164 Å². The minimum atomic E-state index is -4.47. The predicted octanol–water partition coefficient (Wildman–Crippen LogP) is 4.32. The average molecular weight is 405 g/mol. The molecule has 0 amide bonds. The molecule has 0 fully saturated rings. The van der Waals surface area contributed by atoms with Crippen LogP contribution in [0.3, 0.4) is 0 Å². The first-order chi connectivity index (χ1) is 13.7. The number of ether oxygens (including phenoxy) is 1. The highest BCUT2D eigenvalue weighted by Gasteiger charge is 2.31. The minimum Gasteiger partial charge on any atom is -0.481 e. The fraction of sp³-hybridized carbons (Fsp3) is 0.250. The maximum absolute atomic E-state index is 12.8. The van der Waals surface area contributed by atoms with E-state index in [1.165, 1.54) is 6.07 Å². The SMILES string of the molecule is Cc1[nH]ncc1C(Oc1ccc(CCC(=O)O)cc1)c1ccc(C(F)(F)F)cn1. The Kier molecular flexibility index (Phi) is 5.86. The van der Waals surface area contributed by atoms with Crippen molar-refractivity contribution in [3.63, 3.8) is 0 Å². The van der Waals surface area contributed by atoms with Gasteiger partial charge in [0.15, 0.2) is 6.10 Å². The third kappa shape index (κ3) is 5.13. The van der Waals surface area contributed by atoms with Crippen molar-refractivity contribution in [2.24, 2.45) is 0 Å². The van der Waals surface area contributed by atoms with Crippen molar-refractivity contribution in [3.8, 4) is 5.75 Å². The topological polar surface area (TPSA) is 88.1 Å². The number of benzene rings is 1. The molecule has 1 unspecified atom stereocenters. The van der Waals surface area contributed by atoms with Crippen LogP contribution < -0.4 is 4.74 Å². The highest BCUT2D eigenvalue weighted by Crippen LogP contribution is 2.32. The summed E-state index contributed by atoms with van der Waals surface area (Å²) >= 11 is 0. The Hall–Kier alpha value is -3.36. The maximum atomic E-state index is 12.8. The molecule has 1 aromatic carbocycles. The molecule has 2 heterocycles. The number of hydrogen-bond acceptors (Lipinski definition) is 4. The number of aromatic nitrogens is 3. The van der Waals surface area contributed by atoms with E-state index in [0.29, 0.717) is 29.1 Å². The van der Waals surface area contributed by atoms with Gasteiger partial charge in [0.1, 0.15) is 5.75 Å². The smallest absolute Gasteiger partial charge is 0.417 e. The van der Waals surface area contributed by atoms with E-state index in [0.717, 1.165) is 17.8 Å². The lowest BCUT2D eigenvalue weighted by Crippen LogP contribution is -2.13. The normalized spacial score (nSPS) is 12.6. The molecule has 6 nitrogen and oxygen atoms in total. The largest absolute Gasteiger partial charge is 0.481 e. The van der Waals surface area contributed by atoms with Crippen LogP contribution in [-0.2, 0) is 17.4 Å². The first-order valence-corrected chi connectivity index (χ1v) is 8.74. The van der Waals surface area contributed by atoms with Gasteiger partial charge in [0.2, 0.25) is 0 Å². The van der Waals surface area contributed by atoms with E-state index in [2.05, 4.69) is 15.2 Å². The molecule has 0 aliphatic heterocycles. The molecule has 0 bridgehead atoms. The number of carbonyl (C=O) groups is 1. The number of hydrogen-bond donors (Lipinski definition) is 2. The summed E-state index contributed by atoms with van der Waals surface area (Å²) in [6.45, 7) is 1.78. The van der Waals surface area contributed by atoms with Gasteiger partial charge in [0.25, 0.3) is 0 Å². The zero-order chi connectivity index (χ0) is 21.0. The molecule has 2 N–H and O–H groups in total. The van der Waals surface area contributed by atoms with E-state index >= 15 is 0 Å². The number of pyridine rings is 1. The number of aromatic amines is 1. The second-order valence-electron chi connectivity index (χ2n) is 6.46. The van der Waals surface area contributed by atoms with E-state index in [4.69, 9.17) is 9.84 Å².